The summed E-state index contributed by atoms with van der Waals surface area (Å²) in [5, 5.41) is 0.753. The van der Waals surface area contributed by atoms with Crippen LogP contribution in [0.5, 0.6) is 11.5 Å². The van der Waals surface area contributed by atoms with Crippen LogP contribution in [0, 0.1) is 6.92 Å². The van der Waals surface area contributed by atoms with E-state index < -0.39 is 0 Å². The van der Waals surface area contributed by atoms with Gasteiger partial charge in [-0.1, -0.05) is 24.6 Å². The summed E-state index contributed by atoms with van der Waals surface area (Å²) >= 11 is 0. The van der Waals surface area contributed by atoms with Crippen LogP contribution in [0.15, 0.2) is 36.4 Å². The van der Waals surface area contributed by atoms with E-state index in [4.69, 9.17) is 19.2 Å². The summed E-state index contributed by atoms with van der Waals surface area (Å²) in [6.07, 6.45) is 1.28. The van der Waals surface area contributed by atoms with Crippen molar-refractivity contribution in [2.45, 2.75) is 33.2 Å². The minimum absolute atomic E-state index is 0.186. The minimum Gasteiger partial charge on any atom is -0.493 e. The summed E-state index contributed by atoms with van der Waals surface area (Å²) in [7, 11) is 3.05. The molecule has 3 aromatic rings. The Morgan fingerprint density at radius 2 is 1.94 bits per heavy atom. The molecule has 172 valence electrons. The first-order chi connectivity index (χ1) is 16.0. The number of hydrogen-bond acceptors (Lipinski definition) is 6. The van der Waals surface area contributed by atoms with Crippen molar-refractivity contribution in [3.63, 3.8) is 0 Å². The van der Waals surface area contributed by atoms with Crippen LogP contribution in [0.3, 0.4) is 0 Å². The first-order valence-electron chi connectivity index (χ1n) is 11.1. The Labute approximate surface area is 193 Å². The number of fused-ring (bicyclic) bond motifs is 2. The number of aromatic nitrogens is 1. The summed E-state index contributed by atoms with van der Waals surface area (Å²) in [5.74, 6) is 0.325. The molecule has 0 radical (unpaired) electrons. The molecule has 33 heavy (non-hydrogen) atoms. The van der Waals surface area contributed by atoms with Gasteiger partial charge in [0.15, 0.2) is 11.5 Å². The Morgan fingerprint density at radius 3 is 2.67 bits per heavy atom. The molecule has 0 fully saturated rings. The smallest absolute Gasteiger partial charge is 0.339 e. The number of carbonyl (C=O) groups excluding carboxylic acids is 2. The molecule has 0 aliphatic carbocycles. The highest BCUT2D eigenvalue weighted by atomic mass is 16.5. The molecule has 4 rings (SSSR count). The average Bonchev–Trinajstić information content (AvgIpc) is 2.84. The number of methoxy groups -OCH3 is 2. The Morgan fingerprint density at radius 1 is 1.12 bits per heavy atom. The normalized spacial score (nSPS) is 12.9. The number of carbonyl (C=O) groups is 2. The SMILES string of the molecule is CCCOC(=O)c1c2c(nc3ccc(C)cc13)CCN(C(=O)c1cccc(OC)c1OC)C2. The predicted molar refractivity (Wildman–Crippen MR) is 125 cm³/mol. The maximum Gasteiger partial charge on any atom is 0.339 e. The van der Waals surface area contributed by atoms with E-state index in [1.165, 1.54) is 14.2 Å². The first kappa shape index (κ1) is 22.6. The number of pyridine rings is 1. The van der Waals surface area contributed by atoms with E-state index >= 15 is 0 Å². The summed E-state index contributed by atoms with van der Waals surface area (Å²) in [4.78, 5) is 33.2. The van der Waals surface area contributed by atoms with Crippen LogP contribution in [0.25, 0.3) is 10.9 Å². The lowest BCUT2D eigenvalue weighted by molar-refractivity contribution is 0.0501. The molecule has 0 N–H and O–H groups in total. The van der Waals surface area contributed by atoms with Crippen molar-refractivity contribution < 1.29 is 23.8 Å². The molecule has 0 atom stereocenters. The van der Waals surface area contributed by atoms with Gasteiger partial charge in [-0.2, -0.15) is 0 Å². The number of aryl methyl sites for hydroxylation is 1. The van der Waals surface area contributed by atoms with Crippen molar-refractivity contribution in [2.24, 2.45) is 0 Å². The van der Waals surface area contributed by atoms with E-state index in [0.717, 1.165) is 34.1 Å². The van der Waals surface area contributed by atoms with Gasteiger partial charge < -0.3 is 19.1 Å². The van der Waals surface area contributed by atoms with Crippen LogP contribution in [-0.2, 0) is 17.7 Å². The number of esters is 1. The maximum absolute atomic E-state index is 13.5. The highest BCUT2D eigenvalue weighted by molar-refractivity contribution is 6.05. The molecule has 1 amide bonds. The van der Waals surface area contributed by atoms with Crippen molar-refractivity contribution in [1.29, 1.82) is 0 Å². The number of rotatable bonds is 6. The summed E-state index contributed by atoms with van der Waals surface area (Å²) in [6, 6.07) is 11.1. The second kappa shape index (κ2) is 9.48. The standard InChI is InChI=1S/C26H28N2O5/c1-5-13-33-26(30)23-18-14-16(2)9-10-20(18)27-21-11-12-28(15-19(21)23)25(29)17-7-6-8-22(31-3)24(17)32-4/h6-10,14H,5,11-13,15H2,1-4H3. The van der Waals surface area contributed by atoms with Crippen molar-refractivity contribution >= 4 is 22.8 Å². The molecule has 2 heterocycles. The zero-order chi connectivity index (χ0) is 23.5. The molecule has 0 spiro atoms. The topological polar surface area (TPSA) is 78.0 Å². The molecule has 7 nitrogen and oxygen atoms in total. The fourth-order valence-corrected chi connectivity index (χ4v) is 4.25. The second-order valence-electron chi connectivity index (χ2n) is 8.09. The lowest BCUT2D eigenvalue weighted by Crippen LogP contribution is -2.37. The van der Waals surface area contributed by atoms with Crippen LogP contribution in [0.1, 0.15) is 50.9 Å². The van der Waals surface area contributed by atoms with Crippen LogP contribution in [-0.4, -0.2) is 49.1 Å². The second-order valence-corrected chi connectivity index (χ2v) is 8.09. The van der Waals surface area contributed by atoms with Crippen molar-refractivity contribution in [2.75, 3.05) is 27.4 Å². The van der Waals surface area contributed by atoms with Crippen molar-refractivity contribution in [3.05, 3.63) is 64.3 Å². The maximum atomic E-state index is 13.5. The quantitative estimate of drug-likeness (QED) is 0.523. The minimum atomic E-state index is -0.376. The third-order valence-electron chi connectivity index (χ3n) is 5.86. The molecular weight excluding hydrogens is 420 g/mol. The molecule has 0 unspecified atom stereocenters. The lowest BCUT2D eigenvalue weighted by atomic mass is 9.94. The zero-order valence-corrected chi connectivity index (χ0v) is 19.4. The molecule has 0 saturated heterocycles. The molecule has 2 aromatic carbocycles. The largest absolute Gasteiger partial charge is 0.493 e. The van der Waals surface area contributed by atoms with Crippen LogP contribution < -0.4 is 9.47 Å². The van der Waals surface area contributed by atoms with Gasteiger partial charge in [0.1, 0.15) is 0 Å². The molecule has 1 aliphatic heterocycles. The molecule has 1 aliphatic rings. The summed E-state index contributed by atoms with van der Waals surface area (Å²) < 4.78 is 16.3. The first-order valence-corrected chi connectivity index (χ1v) is 11.1. The van der Waals surface area contributed by atoms with Crippen LogP contribution >= 0.6 is 0 Å². The fraction of sp³-hybridized carbons (Fsp3) is 0.346. The average molecular weight is 449 g/mol. The van der Waals surface area contributed by atoms with Gasteiger partial charge in [0.05, 0.1) is 37.5 Å². The van der Waals surface area contributed by atoms with E-state index in [1.54, 1.807) is 23.1 Å². The molecular formula is C26H28N2O5. The molecule has 0 bridgehead atoms. The Hall–Kier alpha value is -3.61. The summed E-state index contributed by atoms with van der Waals surface area (Å²) in [5.41, 5.74) is 4.28. The van der Waals surface area contributed by atoms with Crippen LogP contribution in [0.4, 0.5) is 0 Å². The molecule has 0 saturated carbocycles. The van der Waals surface area contributed by atoms with Gasteiger partial charge in [-0.25, -0.2) is 4.79 Å². The van der Waals surface area contributed by atoms with Gasteiger partial charge >= 0.3 is 5.97 Å². The molecule has 7 heteroatoms. The van der Waals surface area contributed by atoms with Crippen LogP contribution in [0.2, 0.25) is 0 Å². The van der Waals surface area contributed by atoms with E-state index in [-0.39, 0.29) is 18.4 Å². The Bertz CT molecular complexity index is 1220. The predicted octanol–water partition coefficient (Wildman–Crippen LogP) is 4.33. The van der Waals surface area contributed by atoms with Crippen molar-refractivity contribution in [3.8, 4) is 11.5 Å². The Kier molecular flexibility index (Phi) is 6.49. The van der Waals surface area contributed by atoms with Gasteiger partial charge in [-0.3, -0.25) is 9.78 Å². The zero-order valence-electron chi connectivity index (χ0n) is 19.4. The highest BCUT2D eigenvalue weighted by Crippen LogP contribution is 2.34. The van der Waals surface area contributed by atoms with Gasteiger partial charge in [0.2, 0.25) is 0 Å². The lowest BCUT2D eigenvalue weighted by Gasteiger charge is -2.30. The number of benzene rings is 2. The highest BCUT2D eigenvalue weighted by Gasteiger charge is 2.30. The van der Waals surface area contributed by atoms with E-state index in [1.807, 2.05) is 32.0 Å². The fourth-order valence-electron chi connectivity index (χ4n) is 4.25. The van der Waals surface area contributed by atoms with Gasteiger partial charge in [0.25, 0.3) is 5.91 Å². The van der Waals surface area contributed by atoms with Gasteiger partial charge in [-0.15, -0.1) is 0 Å². The van der Waals surface area contributed by atoms with E-state index in [0.29, 0.717) is 42.2 Å². The molecule has 1 aromatic heterocycles. The Balaban J connectivity index is 1.78. The number of ether oxygens (including phenoxy) is 3. The summed E-state index contributed by atoms with van der Waals surface area (Å²) in [6.45, 7) is 5.03. The van der Waals surface area contributed by atoms with Crippen molar-refractivity contribution in [1.82, 2.24) is 9.88 Å². The van der Waals surface area contributed by atoms with Gasteiger partial charge in [-0.05, 0) is 37.6 Å². The number of hydrogen-bond donors (Lipinski definition) is 0. The third-order valence-corrected chi connectivity index (χ3v) is 5.86. The number of amides is 1. The van der Waals surface area contributed by atoms with E-state index in [2.05, 4.69) is 0 Å². The van der Waals surface area contributed by atoms with E-state index in [9.17, 15) is 9.59 Å². The number of nitrogens with zero attached hydrogens (tertiary/aromatic N) is 2. The van der Waals surface area contributed by atoms with Gasteiger partial charge in [0, 0.05) is 36.2 Å². The number of para-hydroxylation sites is 1. The monoisotopic (exact) mass is 448 g/mol. The third kappa shape index (κ3) is 4.23.